The molecule has 0 unspecified atom stereocenters. The molecule has 2 aliphatic heterocycles. The number of urea groups is 1. The highest BCUT2D eigenvalue weighted by Gasteiger charge is 2.50. The number of carbonyl (C=O) groups excluding carboxylic acids is 2. The lowest BCUT2D eigenvalue weighted by Gasteiger charge is -2.27. The highest BCUT2D eigenvalue weighted by Crippen LogP contribution is 2.37. The molecular formula is C22H21FN4O2S. The van der Waals surface area contributed by atoms with Crippen LogP contribution in [0.4, 0.5) is 9.18 Å². The first-order chi connectivity index (χ1) is 14.5. The number of carbonyl (C=O) groups is 2. The topological polar surface area (TPSA) is 65.5 Å². The average Bonchev–Trinajstić information content (AvgIpc) is 3.42. The molecule has 0 bridgehead atoms. The molecule has 2 aliphatic rings. The molecule has 2 saturated heterocycles. The number of halogens is 1. The van der Waals surface area contributed by atoms with Crippen LogP contribution in [0.15, 0.2) is 48.5 Å². The lowest BCUT2D eigenvalue weighted by atomic mass is 9.92. The van der Waals surface area contributed by atoms with Gasteiger partial charge in [0.1, 0.15) is 16.4 Å². The molecule has 30 heavy (non-hydrogen) atoms. The molecule has 2 aromatic carbocycles. The summed E-state index contributed by atoms with van der Waals surface area (Å²) < 4.78 is 14.4. The Hall–Kier alpha value is -2.84. The van der Waals surface area contributed by atoms with Crippen molar-refractivity contribution in [3.8, 4) is 0 Å². The van der Waals surface area contributed by atoms with Gasteiger partial charge in [0.2, 0.25) is 0 Å². The number of nitrogens with one attached hydrogen (secondary N) is 1. The van der Waals surface area contributed by atoms with Crippen LogP contribution in [0.1, 0.15) is 36.4 Å². The van der Waals surface area contributed by atoms with Crippen LogP contribution in [0.3, 0.4) is 0 Å². The standard InChI is InChI=1S/C22H21FN4O2S/c1-22(14-8-10-15(23)11-9-14)20(28)27(21(29)25-22)13-26-12-4-6-17(26)19-24-16-5-2-3-7-18(16)30-19/h2-3,5,7-11,17H,4,6,12-13H2,1H3,(H,25,29)/t17-,22+/m0/s1. The number of aromatic nitrogens is 1. The van der Waals surface area contributed by atoms with E-state index in [4.69, 9.17) is 4.98 Å². The number of hydrogen-bond acceptors (Lipinski definition) is 5. The van der Waals surface area contributed by atoms with E-state index >= 15 is 0 Å². The van der Waals surface area contributed by atoms with Crippen molar-refractivity contribution in [3.05, 3.63) is 64.9 Å². The number of amides is 3. The Morgan fingerprint density at radius 3 is 2.73 bits per heavy atom. The van der Waals surface area contributed by atoms with Gasteiger partial charge in [-0.25, -0.2) is 19.1 Å². The van der Waals surface area contributed by atoms with Crippen LogP contribution in [0.5, 0.6) is 0 Å². The second kappa shape index (κ2) is 7.14. The quantitative estimate of drug-likeness (QED) is 0.643. The normalized spacial score (nSPS) is 24.7. The SMILES string of the molecule is C[C@]1(c2ccc(F)cc2)NC(=O)N(CN2CCC[C@H]2c2nc3ccccc3s2)C1=O. The van der Waals surface area contributed by atoms with Gasteiger partial charge in [-0.2, -0.15) is 0 Å². The fraction of sp³-hybridized carbons (Fsp3) is 0.318. The van der Waals surface area contributed by atoms with Gasteiger partial charge in [0.25, 0.3) is 5.91 Å². The molecule has 1 aromatic heterocycles. The zero-order valence-corrected chi connectivity index (χ0v) is 17.3. The Bertz CT molecular complexity index is 1100. The number of thiazole rings is 1. The smallest absolute Gasteiger partial charge is 0.319 e. The van der Waals surface area contributed by atoms with E-state index in [2.05, 4.69) is 16.3 Å². The molecule has 0 aliphatic carbocycles. The second-order valence-electron chi connectivity index (χ2n) is 7.93. The largest absolute Gasteiger partial charge is 0.326 e. The summed E-state index contributed by atoms with van der Waals surface area (Å²) in [7, 11) is 0. The summed E-state index contributed by atoms with van der Waals surface area (Å²) in [6.07, 6.45) is 1.93. The van der Waals surface area contributed by atoms with Crippen molar-refractivity contribution < 1.29 is 14.0 Å². The Morgan fingerprint density at radius 1 is 1.20 bits per heavy atom. The van der Waals surface area contributed by atoms with Gasteiger partial charge in [0.05, 0.1) is 22.9 Å². The first kappa shape index (κ1) is 19.1. The molecular weight excluding hydrogens is 403 g/mol. The first-order valence-corrected chi connectivity index (χ1v) is 10.8. The fourth-order valence-corrected chi connectivity index (χ4v) is 5.43. The minimum atomic E-state index is -1.20. The molecule has 3 aromatic rings. The highest BCUT2D eigenvalue weighted by atomic mass is 32.1. The molecule has 0 saturated carbocycles. The van der Waals surface area contributed by atoms with Crippen molar-refractivity contribution >= 4 is 33.5 Å². The third-order valence-corrected chi connectivity index (χ3v) is 7.12. The molecule has 3 heterocycles. The van der Waals surface area contributed by atoms with E-state index in [0.717, 1.165) is 34.6 Å². The minimum absolute atomic E-state index is 0.0840. The molecule has 0 radical (unpaired) electrons. The van der Waals surface area contributed by atoms with Crippen molar-refractivity contribution in [1.29, 1.82) is 0 Å². The van der Waals surface area contributed by atoms with Gasteiger partial charge < -0.3 is 5.32 Å². The number of likely N-dealkylation sites (tertiary alicyclic amines) is 1. The van der Waals surface area contributed by atoms with E-state index in [1.54, 1.807) is 18.3 Å². The summed E-state index contributed by atoms with van der Waals surface area (Å²) in [5.41, 5.74) is 0.340. The van der Waals surface area contributed by atoms with Gasteiger partial charge in [0, 0.05) is 6.54 Å². The first-order valence-electron chi connectivity index (χ1n) is 9.95. The molecule has 2 atom stereocenters. The molecule has 3 amide bonds. The zero-order chi connectivity index (χ0) is 20.9. The van der Waals surface area contributed by atoms with E-state index < -0.39 is 11.6 Å². The summed E-state index contributed by atoms with van der Waals surface area (Å²) in [6, 6.07) is 13.4. The lowest BCUT2D eigenvalue weighted by molar-refractivity contribution is -0.132. The minimum Gasteiger partial charge on any atom is -0.319 e. The Balaban J connectivity index is 1.38. The Morgan fingerprint density at radius 2 is 1.97 bits per heavy atom. The summed E-state index contributed by atoms with van der Waals surface area (Å²) >= 11 is 1.66. The summed E-state index contributed by atoms with van der Waals surface area (Å²) in [6.45, 7) is 2.67. The van der Waals surface area contributed by atoms with Crippen LogP contribution < -0.4 is 5.32 Å². The van der Waals surface area contributed by atoms with Crippen molar-refractivity contribution in [2.75, 3.05) is 13.2 Å². The van der Waals surface area contributed by atoms with Gasteiger partial charge >= 0.3 is 6.03 Å². The number of hydrogen-bond donors (Lipinski definition) is 1. The van der Waals surface area contributed by atoms with E-state index in [0.29, 0.717) is 5.56 Å². The maximum atomic E-state index is 13.3. The van der Waals surface area contributed by atoms with Gasteiger partial charge in [-0.05, 0) is 49.6 Å². The third kappa shape index (κ3) is 3.07. The maximum Gasteiger partial charge on any atom is 0.326 e. The molecule has 154 valence electrons. The fourth-order valence-electron chi connectivity index (χ4n) is 4.29. The summed E-state index contributed by atoms with van der Waals surface area (Å²) in [5.74, 6) is -0.708. The van der Waals surface area contributed by atoms with Crippen molar-refractivity contribution in [3.63, 3.8) is 0 Å². The number of nitrogens with zero attached hydrogens (tertiary/aromatic N) is 3. The van der Waals surface area contributed by atoms with E-state index in [9.17, 15) is 14.0 Å². The number of benzene rings is 2. The van der Waals surface area contributed by atoms with Crippen LogP contribution >= 0.6 is 11.3 Å². The van der Waals surface area contributed by atoms with Crippen molar-refractivity contribution in [2.45, 2.75) is 31.3 Å². The third-order valence-electron chi connectivity index (χ3n) is 5.98. The van der Waals surface area contributed by atoms with Crippen LogP contribution in [-0.2, 0) is 10.3 Å². The van der Waals surface area contributed by atoms with E-state index in [-0.39, 0.29) is 24.4 Å². The van der Waals surface area contributed by atoms with Crippen LogP contribution in [0.25, 0.3) is 10.2 Å². The van der Waals surface area contributed by atoms with Gasteiger partial charge in [-0.3, -0.25) is 9.69 Å². The number of fused-ring (bicyclic) bond motifs is 1. The van der Waals surface area contributed by atoms with Crippen molar-refractivity contribution in [1.82, 2.24) is 20.1 Å². The molecule has 0 spiro atoms. The lowest BCUT2D eigenvalue weighted by Crippen LogP contribution is -2.43. The molecule has 8 heteroatoms. The number of para-hydroxylation sites is 1. The number of rotatable bonds is 4. The zero-order valence-electron chi connectivity index (χ0n) is 16.5. The van der Waals surface area contributed by atoms with Gasteiger partial charge in [-0.15, -0.1) is 11.3 Å². The van der Waals surface area contributed by atoms with Gasteiger partial charge in [0.15, 0.2) is 0 Å². The molecule has 6 nitrogen and oxygen atoms in total. The predicted octanol–water partition coefficient (Wildman–Crippen LogP) is 4.00. The Kier molecular flexibility index (Phi) is 4.56. The molecule has 2 fully saturated rings. The summed E-state index contributed by atoms with van der Waals surface area (Å²) in [4.78, 5) is 34.1. The monoisotopic (exact) mass is 424 g/mol. The van der Waals surface area contributed by atoms with Crippen molar-refractivity contribution in [2.24, 2.45) is 0 Å². The van der Waals surface area contributed by atoms with Crippen LogP contribution in [0, 0.1) is 5.82 Å². The van der Waals surface area contributed by atoms with Gasteiger partial charge in [-0.1, -0.05) is 24.3 Å². The predicted molar refractivity (Wildman–Crippen MR) is 112 cm³/mol. The number of imide groups is 1. The Labute approximate surface area is 177 Å². The summed E-state index contributed by atoms with van der Waals surface area (Å²) in [5, 5.41) is 3.81. The maximum absolute atomic E-state index is 13.3. The second-order valence-corrected chi connectivity index (χ2v) is 8.99. The van der Waals surface area contributed by atoms with E-state index in [1.165, 1.54) is 29.2 Å². The molecule has 5 rings (SSSR count). The average molecular weight is 425 g/mol. The molecule has 1 N–H and O–H groups in total. The van der Waals surface area contributed by atoms with Crippen LogP contribution in [-0.4, -0.2) is 39.9 Å². The van der Waals surface area contributed by atoms with Crippen LogP contribution in [0.2, 0.25) is 0 Å². The van der Waals surface area contributed by atoms with E-state index in [1.807, 2.05) is 18.2 Å². The highest BCUT2D eigenvalue weighted by molar-refractivity contribution is 7.18.